The fourth-order valence-electron chi connectivity index (χ4n) is 1.88. The van der Waals surface area contributed by atoms with Crippen LogP contribution in [-0.4, -0.2) is 45.0 Å². The second-order valence-electron chi connectivity index (χ2n) is 4.32. The van der Waals surface area contributed by atoms with E-state index in [2.05, 4.69) is 15.6 Å². The van der Waals surface area contributed by atoms with Gasteiger partial charge in [0.1, 0.15) is 5.60 Å². The van der Waals surface area contributed by atoms with Crippen molar-refractivity contribution in [1.82, 2.24) is 20.3 Å². The van der Waals surface area contributed by atoms with Crippen molar-refractivity contribution in [1.29, 1.82) is 0 Å². The van der Waals surface area contributed by atoms with E-state index in [0.717, 1.165) is 5.69 Å². The van der Waals surface area contributed by atoms with Gasteiger partial charge in [0.05, 0.1) is 18.0 Å². The lowest BCUT2D eigenvalue weighted by Gasteiger charge is -2.26. The van der Waals surface area contributed by atoms with Gasteiger partial charge in [-0.15, -0.1) is 5.10 Å². The van der Waals surface area contributed by atoms with Gasteiger partial charge in [-0.1, -0.05) is 5.21 Å². The smallest absolute Gasteiger partial charge is 0.105 e. The van der Waals surface area contributed by atoms with Gasteiger partial charge in [0, 0.05) is 33.2 Å². The molecule has 6 heteroatoms. The molecule has 0 bridgehead atoms. The van der Waals surface area contributed by atoms with Crippen molar-refractivity contribution in [3.63, 3.8) is 0 Å². The standard InChI is InChI=1S/C10H18N4O2/c1-8-10(15,3-4-16-8)7-11-5-9-6-12-13-14(9)2/h6,8,11,15H,3-5,7H2,1-2H3. The fourth-order valence-corrected chi connectivity index (χ4v) is 1.88. The lowest BCUT2D eigenvalue weighted by molar-refractivity contribution is -0.0263. The zero-order chi connectivity index (χ0) is 11.6. The molecular weight excluding hydrogens is 208 g/mol. The summed E-state index contributed by atoms with van der Waals surface area (Å²) >= 11 is 0. The molecule has 6 nitrogen and oxygen atoms in total. The van der Waals surface area contributed by atoms with E-state index in [-0.39, 0.29) is 6.10 Å². The predicted molar refractivity (Wildman–Crippen MR) is 57.7 cm³/mol. The van der Waals surface area contributed by atoms with Gasteiger partial charge in [-0.3, -0.25) is 4.68 Å². The Kier molecular flexibility index (Phi) is 3.22. The Morgan fingerprint density at radius 2 is 2.56 bits per heavy atom. The van der Waals surface area contributed by atoms with E-state index in [1.165, 1.54) is 0 Å². The van der Waals surface area contributed by atoms with E-state index >= 15 is 0 Å². The predicted octanol–water partition coefficient (Wildman–Crippen LogP) is -0.555. The maximum absolute atomic E-state index is 10.2. The average molecular weight is 226 g/mol. The van der Waals surface area contributed by atoms with Gasteiger partial charge >= 0.3 is 0 Å². The van der Waals surface area contributed by atoms with Gasteiger partial charge in [0.25, 0.3) is 0 Å². The molecule has 1 aromatic rings. The first-order valence-electron chi connectivity index (χ1n) is 5.50. The van der Waals surface area contributed by atoms with Gasteiger partial charge in [0.2, 0.25) is 0 Å². The van der Waals surface area contributed by atoms with Crippen LogP contribution in [0.5, 0.6) is 0 Å². The maximum atomic E-state index is 10.2. The topological polar surface area (TPSA) is 72.2 Å². The van der Waals surface area contributed by atoms with Crippen LogP contribution in [-0.2, 0) is 18.3 Å². The Bertz CT molecular complexity index is 354. The molecule has 0 amide bonds. The quantitative estimate of drug-likeness (QED) is 0.720. The fraction of sp³-hybridized carbons (Fsp3) is 0.800. The van der Waals surface area contributed by atoms with E-state index in [1.54, 1.807) is 10.9 Å². The molecule has 1 saturated heterocycles. The Morgan fingerprint density at radius 3 is 3.12 bits per heavy atom. The summed E-state index contributed by atoms with van der Waals surface area (Å²) in [7, 11) is 1.85. The second-order valence-corrected chi connectivity index (χ2v) is 4.32. The number of aromatic nitrogens is 3. The minimum atomic E-state index is -0.744. The summed E-state index contributed by atoms with van der Waals surface area (Å²) in [6, 6.07) is 0. The van der Waals surface area contributed by atoms with Crippen molar-refractivity contribution in [2.45, 2.75) is 31.6 Å². The number of hydrogen-bond acceptors (Lipinski definition) is 5. The molecule has 1 aromatic heterocycles. The Balaban J connectivity index is 1.82. The van der Waals surface area contributed by atoms with Crippen LogP contribution in [0.15, 0.2) is 6.20 Å². The highest BCUT2D eigenvalue weighted by Gasteiger charge is 2.38. The zero-order valence-electron chi connectivity index (χ0n) is 9.68. The van der Waals surface area contributed by atoms with Gasteiger partial charge in [-0.05, 0) is 6.92 Å². The maximum Gasteiger partial charge on any atom is 0.105 e. The summed E-state index contributed by atoms with van der Waals surface area (Å²) in [6.07, 6.45) is 2.29. The van der Waals surface area contributed by atoms with Gasteiger partial charge in [-0.25, -0.2) is 0 Å². The molecule has 2 N–H and O–H groups in total. The van der Waals surface area contributed by atoms with Crippen molar-refractivity contribution in [3.05, 3.63) is 11.9 Å². The molecule has 1 aliphatic heterocycles. The molecule has 0 radical (unpaired) electrons. The van der Waals surface area contributed by atoms with Gasteiger partial charge in [-0.2, -0.15) is 0 Å². The number of aliphatic hydroxyl groups is 1. The number of rotatable bonds is 4. The van der Waals surface area contributed by atoms with Crippen LogP contribution in [0.2, 0.25) is 0 Å². The highest BCUT2D eigenvalue weighted by Crippen LogP contribution is 2.24. The second kappa shape index (κ2) is 4.48. The van der Waals surface area contributed by atoms with Gasteiger partial charge < -0.3 is 15.2 Å². The first-order chi connectivity index (χ1) is 7.62. The number of hydrogen-bond donors (Lipinski definition) is 2. The van der Waals surface area contributed by atoms with Crippen molar-refractivity contribution >= 4 is 0 Å². The molecule has 2 unspecified atom stereocenters. The third kappa shape index (κ3) is 2.23. The van der Waals surface area contributed by atoms with Crippen molar-refractivity contribution in [2.24, 2.45) is 7.05 Å². The highest BCUT2D eigenvalue weighted by atomic mass is 16.5. The molecule has 2 heterocycles. The van der Waals surface area contributed by atoms with Crippen molar-refractivity contribution in [3.8, 4) is 0 Å². The summed E-state index contributed by atoms with van der Waals surface area (Å²) in [5.74, 6) is 0. The molecule has 16 heavy (non-hydrogen) atoms. The highest BCUT2D eigenvalue weighted by molar-refractivity contribution is 4.95. The SMILES string of the molecule is CC1OCCC1(O)CNCc1cnnn1C. The molecule has 1 aliphatic rings. The zero-order valence-corrected chi connectivity index (χ0v) is 9.68. The third-order valence-electron chi connectivity index (χ3n) is 3.21. The Hall–Kier alpha value is -0.980. The first-order valence-corrected chi connectivity index (χ1v) is 5.50. The van der Waals surface area contributed by atoms with Crippen molar-refractivity contribution < 1.29 is 9.84 Å². The normalized spacial score (nSPS) is 29.8. The number of nitrogens with zero attached hydrogens (tertiary/aromatic N) is 3. The van der Waals surface area contributed by atoms with E-state index in [0.29, 0.717) is 26.1 Å². The first kappa shape index (κ1) is 11.5. The summed E-state index contributed by atoms with van der Waals surface area (Å²) in [5.41, 5.74) is 0.251. The van der Waals surface area contributed by atoms with Crippen LogP contribution in [0.3, 0.4) is 0 Å². The molecule has 0 spiro atoms. The third-order valence-corrected chi connectivity index (χ3v) is 3.21. The minimum absolute atomic E-state index is 0.107. The Morgan fingerprint density at radius 1 is 1.75 bits per heavy atom. The summed E-state index contributed by atoms with van der Waals surface area (Å²) < 4.78 is 7.07. The van der Waals surface area contributed by atoms with Crippen molar-refractivity contribution in [2.75, 3.05) is 13.2 Å². The molecule has 2 rings (SSSR count). The van der Waals surface area contributed by atoms with Crippen LogP contribution < -0.4 is 5.32 Å². The molecule has 0 aliphatic carbocycles. The van der Waals surface area contributed by atoms with E-state index in [1.807, 2.05) is 14.0 Å². The molecule has 0 aromatic carbocycles. The Labute approximate surface area is 94.6 Å². The van der Waals surface area contributed by atoms with Crippen LogP contribution in [0.1, 0.15) is 19.0 Å². The summed E-state index contributed by atoms with van der Waals surface area (Å²) in [6.45, 7) is 3.71. The van der Waals surface area contributed by atoms with Crippen LogP contribution in [0.25, 0.3) is 0 Å². The lowest BCUT2D eigenvalue weighted by Crippen LogP contribution is -2.45. The summed E-state index contributed by atoms with van der Waals surface area (Å²) in [5, 5.41) is 21.1. The van der Waals surface area contributed by atoms with Crippen LogP contribution in [0.4, 0.5) is 0 Å². The molecule has 1 fully saturated rings. The monoisotopic (exact) mass is 226 g/mol. The number of aryl methyl sites for hydroxylation is 1. The van der Waals surface area contributed by atoms with E-state index < -0.39 is 5.60 Å². The molecule has 90 valence electrons. The molecule has 0 saturated carbocycles. The van der Waals surface area contributed by atoms with E-state index in [9.17, 15) is 5.11 Å². The lowest BCUT2D eigenvalue weighted by atomic mass is 9.97. The molecular formula is C10H18N4O2. The summed E-state index contributed by atoms with van der Waals surface area (Å²) in [4.78, 5) is 0. The minimum Gasteiger partial charge on any atom is -0.386 e. The van der Waals surface area contributed by atoms with Gasteiger partial charge in [0.15, 0.2) is 0 Å². The largest absolute Gasteiger partial charge is 0.386 e. The number of nitrogens with one attached hydrogen (secondary N) is 1. The van der Waals surface area contributed by atoms with Crippen LogP contribution in [0, 0.1) is 0 Å². The molecule has 2 atom stereocenters. The average Bonchev–Trinajstić information content (AvgIpc) is 2.77. The van der Waals surface area contributed by atoms with E-state index in [4.69, 9.17) is 4.74 Å². The van der Waals surface area contributed by atoms with Crippen LogP contribution >= 0.6 is 0 Å². The number of ether oxygens (including phenoxy) is 1.